The van der Waals surface area contributed by atoms with Crippen LogP contribution in [-0.2, 0) is 11.2 Å². The van der Waals surface area contributed by atoms with E-state index in [4.69, 9.17) is 0 Å². The molecule has 1 aromatic heterocycles. The maximum absolute atomic E-state index is 15.0. The van der Waals surface area contributed by atoms with Gasteiger partial charge in [0.05, 0.1) is 0 Å². The zero-order valence-corrected chi connectivity index (χ0v) is 19.2. The molecule has 1 N–H and O–H groups in total. The smallest absolute Gasteiger partial charge is 0.273 e. The molecule has 0 saturated heterocycles. The Morgan fingerprint density at radius 1 is 0.941 bits per heavy atom. The molecule has 0 aliphatic heterocycles. The molecule has 1 saturated carbocycles. The first kappa shape index (κ1) is 23.6. The van der Waals surface area contributed by atoms with Crippen LogP contribution < -0.4 is 5.32 Å². The largest absolute Gasteiger partial charge is 0.351 e. The molecule has 2 amide bonds. The minimum absolute atomic E-state index is 0.0384. The molecule has 176 valence electrons. The van der Waals surface area contributed by atoms with Crippen molar-refractivity contribution in [1.29, 1.82) is 0 Å². The fraction of sp³-hybridized carbons (Fsp3) is 0.321. The van der Waals surface area contributed by atoms with Crippen LogP contribution in [0.5, 0.6) is 0 Å². The molecule has 1 atom stereocenters. The van der Waals surface area contributed by atoms with Gasteiger partial charge in [0.15, 0.2) is 0 Å². The number of nitrogens with one attached hydrogen (secondary N) is 1. The highest BCUT2D eigenvalue weighted by Crippen LogP contribution is 2.27. The number of pyridine rings is 1. The lowest BCUT2D eigenvalue weighted by molar-refractivity contribution is -0.127. The van der Waals surface area contributed by atoms with Crippen LogP contribution in [0.3, 0.4) is 0 Å². The van der Waals surface area contributed by atoms with E-state index >= 15 is 4.39 Å². The van der Waals surface area contributed by atoms with E-state index in [0.717, 1.165) is 37.7 Å². The molecule has 2 aromatic carbocycles. The van der Waals surface area contributed by atoms with Crippen molar-refractivity contribution in [1.82, 2.24) is 15.2 Å². The molecule has 1 aliphatic carbocycles. The predicted octanol–water partition coefficient (Wildman–Crippen LogP) is 5.10. The van der Waals surface area contributed by atoms with E-state index in [9.17, 15) is 9.59 Å². The molecular weight excluding hydrogens is 429 g/mol. The Hall–Kier alpha value is -3.54. The van der Waals surface area contributed by atoms with Gasteiger partial charge in [0.25, 0.3) is 5.91 Å². The number of rotatable bonds is 8. The monoisotopic (exact) mass is 459 g/mol. The number of carbonyl (C=O) groups is 2. The molecule has 1 aliphatic rings. The number of aromatic nitrogens is 1. The van der Waals surface area contributed by atoms with Crippen molar-refractivity contribution in [3.8, 4) is 0 Å². The molecule has 1 fully saturated rings. The van der Waals surface area contributed by atoms with E-state index in [1.807, 2.05) is 30.3 Å². The third-order valence-electron chi connectivity index (χ3n) is 6.34. The third kappa shape index (κ3) is 5.87. The maximum atomic E-state index is 15.0. The predicted molar refractivity (Wildman–Crippen MR) is 130 cm³/mol. The van der Waals surface area contributed by atoms with Crippen molar-refractivity contribution < 1.29 is 14.0 Å². The summed E-state index contributed by atoms with van der Waals surface area (Å²) in [7, 11) is 0. The standard InChI is InChI=1S/C28H30FN3O2/c29-24-16-8-7-15-23(24)26(27(33)31-22-13-5-2-6-14-22)32(20-18-21-11-3-1-4-12-21)28(34)25-17-9-10-19-30-25/h1,3-4,7-12,15-17,19,22,26H,2,5-6,13-14,18,20H2,(H,31,33). The number of nitrogens with zero attached hydrogens (tertiary/aromatic N) is 2. The number of hydrogen-bond acceptors (Lipinski definition) is 3. The summed E-state index contributed by atoms with van der Waals surface area (Å²) in [4.78, 5) is 33.0. The molecule has 5 nitrogen and oxygen atoms in total. The van der Waals surface area contributed by atoms with Crippen molar-refractivity contribution in [2.45, 2.75) is 50.6 Å². The molecule has 34 heavy (non-hydrogen) atoms. The molecular formula is C28H30FN3O2. The maximum Gasteiger partial charge on any atom is 0.273 e. The van der Waals surface area contributed by atoms with Crippen LogP contribution in [0.25, 0.3) is 0 Å². The summed E-state index contributed by atoms with van der Waals surface area (Å²) >= 11 is 0. The van der Waals surface area contributed by atoms with Gasteiger partial charge in [-0.25, -0.2) is 4.39 Å². The quantitative estimate of drug-likeness (QED) is 0.510. The van der Waals surface area contributed by atoms with Crippen LogP contribution in [0.4, 0.5) is 4.39 Å². The lowest BCUT2D eigenvalue weighted by atomic mass is 9.94. The summed E-state index contributed by atoms with van der Waals surface area (Å²) < 4.78 is 15.0. The normalized spacial score (nSPS) is 14.9. The minimum atomic E-state index is -1.10. The van der Waals surface area contributed by atoms with Crippen LogP contribution in [-0.4, -0.2) is 34.3 Å². The van der Waals surface area contributed by atoms with Gasteiger partial charge in [-0.2, -0.15) is 0 Å². The molecule has 0 bridgehead atoms. The molecule has 3 aromatic rings. The lowest BCUT2D eigenvalue weighted by Gasteiger charge is -2.33. The van der Waals surface area contributed by atoms with Gasteiger partial charge in [-0.1, -0.05) is 73.9 Å². The highest BCUT2D eigenvalue weighted by molar-refractivity contribution is 5.96. The lowest BCUT2D eigenvalue weighted by Crippen LogP contribution is -2.48. The zero-order chi connectivity index (χ0) is 23.8. The molecule has 0 radical (unpaired) electrons. The van der Waals surface area contributed by atoms with Gasteiger partial charge in [0, 0.05) is 24.3 Å². The number of benzene rings is 2. The molecule has 0 spiro atoms. The van der Waals surface area contributed by atoms with Gasteiger partial charge >= 0.3 is 0 Å². The van der Waals surface area contributed by atoms with Crippen LogP contribution in [0.15, 0.2) is 79.0 Å². The van der Waals surface area contributed by atoms with Crippen LogP contribution in [0, 0.1) is 5.82 Å². The van der Waals surface area contributed by atoms with E-state index < -0.39 is 17.8 Å². The van der Waals surface area contributed by atoms with E-state index in [-0.39, 0.29) is 29.8 Å². The van der Waals surface area contributed by atoms with E-state index in [0.29, 0.717) is 6.42 Å². The second kappa shape index (κ2) is 11.5. The Morgan fingerprint density at radius 2 is 1.65 bits per heavy atom. The first-order valence-electron chi connectivity index (χ1n) is 11.9. The first-order valence-corrected chi connectivity index (χ1v) is 11.9. The summed E-state index contributed by atoms with van der Waals surface area (Å²) in [5.74, 6) is -1.26. The second-order valence-electron chi connectivity index (χ2n) is 8.72. The van der Waals surface area contributed by atoms with Crippen LogP contribution >= 0.6 is 0 Å². The van der Waals surface area contributed by atoms with Crippen molar-refractivity contribution >= 4 is 11.8 Å². The van der Waals surface area contributed by atoms with Gasteiger partial charge in [-0.3, -0.25) is 14.6 Å². The summed E-state index contributed by atoms with van der Waals surface area (Å²) in [5.41, 5.74) is 1.44. The number of carbonyl (C=O) groups excluding carboxylic acids is 2. The topological polar surface area (TPSA) is 62.3 Å². The third-order valence-corrected chi connectivity index (χ3v) is 6.34. The Balaban J connectivity index is 1.70. The summed E-state index contributed by atoms with van der Waals surface area (Å²) in [6, 6.07) is 20.0. The van der Waals surface area contributed by atoms with E-state index in [2.05, 4.69) is 10.3 Å². The highest BCUT2D eigenvalue weighted by atomic mass is 19.1. The van der Waals surface area contributed by atoms with Gasteiger partial charge in [-0.05, 0) is 43.0 Å². The SMILES string of the molecule is O=C(NC1CCCCC1)C(c1ccccc1F)N(CCc1ccccc1)C(=O)c1ccccn1. The van der Waals surface area contributed by atoms with Gasteiger partial charge in [0.2, 0.25) is 5.91 Å². The summed E-state index contributed by atoms with van der Waals surface area (Å²) in [6.07, 6.45) is 7.13. The van der Waals surface area contributed by atoms with Gasteiger partial charge in [-0.15, -0.1) is 0 Å². The van der Waals surface area contributed by atoms with Crippen molar-refractivity contribution in [3.05, 3.63) is 102 Å². The number of amides is 2. The van der Waals surface area contributed by atoms with Crippen molar-refractivity contribution in [2.24, 2.45) is 0 Å². The number of hydrogen-bond donors (Lipinski definition) is 1. The highest BCUT2D eigenvalue weighted by Gasteiger charge is 2.35. The van der Waals surface area contributed by atoms with Gasteiger partial charge in [0.1, 0.15) is 17.6 Å². The van der Waals surface area contributed by atoms with E-state index in [1.54, 1.807) is 42.6 Å². The van der Waals surface area contributed by atoms with Crippen LogP contribution in [0.1, 0.15) is 59.8 Å². The molecule has 1 heterocycles. The molecule has 1 unspecified atom stereocenters. The van der Waals surface area contributed by atoms with E-state index in [1.165, 1.54) is 11.0 Å². The average molecular weight is 460 g/mol. The zero-order valence-electron chi connectivity index (χ0n) is 19.2. The Labute approximate surface area is 200 Å². The summed E-state index contributed by atoms with van der Waals surface area (Å²) in [6.45, 7) is 0.247. The molecule has 4 rings (SSSR count). The van der Waals surface area contributed by atoms with Crippen molar-refractivity contribution in [2.75, 3.05) is 6.54 Å². The minimum Gasteiger partial charge on any atom is -0.351 e. The Kier molecular flexibility index (Phi) is 8.02. The fourth-order valence-electron chi connectivity index (χ4n) is 4.55. The Morgan fingerprint density at radius 3 is 2.35 bits per heavy atom. The fourth-order valence-corrected chi connectivity index (χ4v) is 4.55. The second-order valence-corrected chi connectivity index (χ2v) is 8.72. The average Bonchev–Trinajstić information content (AvgIpc) is 2.88. The number of halogens is 1. The Bertz CT molecular complexity index is 1090. The van der Waals surface area contributed by atoms with Gasteiger partial charge < -0.3 is 10.2 Å². The van der Waals surface area contributed by atoms with Crippen molar-refractivity contribution in [3.63, 3.8) is 0 Å². The first-order chi connectivity index (χ1) is 16.6. The molecule has 6 heteroatoms. The van der Waals surface area contributed by atoms with Crippen LogP contribution in [0.2, 0.25) is 0 Å². The summed E-state index contributed by atoms with van der Waals surface area (Å²) in [5, 5.41) is 3.11.